The van der Waals surface area contributed by atoms with E-state index < -0.39 is 10.0 Å². The number of piperazine rings is 1. The zero-order chi connectivity index (χ0) is 17.6. The van der Waals surface area contributed by atoms with E-state index in [1.54, 1.807) is 0 Å². The molecule has 134 valence electrons. The van der Waals surface area contributed by atoms with Crippen LogP contribution in [0.3, 0.4) is 0 Å². The number of carbonyl (C=O) groups is 1. The van der Waals surface area contributed by atoms with Crippen molar-refractivity contribution in [1.82, 2.24) is 9.62 Å². The summed E-state index contributed by atoms with van der Waals surface area (Å²) < 4.78 is 26.3. The van der Waals surface area contributed by atoms with Crippen LogP contribution in [0.2, 0.25) is 0 Å². The molecule has 24 heavy (non-hydrogen) atoms. The minimum atomic E-state index is -3.32. The van der Waals surface area contributed by atoms with E-state index in [1.807, 2.05) is 44.2 Å². The molecule has 1 aromatic carbocycles. The quantitative estimate of drug-likeness (QED) is 0.802. The van der Waals surface area contributed by atoms with Crippen LogP contribution in [0.4, 0.5) is 5.69 Å². The van der Waals surface area contributed by atoms with E-state index in [0.717, 1.165) is 5.69 Å². The molecule has 1 fully saturated rings. The van der Waals surface area contributed by atoms with Crippen molar-refractivity contribution in [2.45, 2.75) is 20.3 Å². The molecule has 6 nitrogen and oxygen atoms in total. The summed E-state index contributed by atoms with van der Waals surface area (Å²) in [7, 11) is -3.32. The number of amides is 1. The van der Waals surface area contributed by atoms with Crippen LogP contribution in [0.1, 0.15) is 20.3 Å². The molecule has 0 aromatic heterocycles. The van der Waals surface area contributed by atoms with Gasteiger partial charge in [-0.15, -0.1) is 0 Å². The topological polar surface area (TPSA) is 69.7 Å². The average molecular weight is 353 g/mol. The molecular weight excluding hydrogens is 326 g/mol. The molecule has 0 spiro atoms. The third-order valence-electron chi connectivity index (χ3n) is 4.03. The number of para-hydroxylation sites is 1. The van der Waals surface area contributed by atoms with Gasteiger partial charge in [-0.25, -0.2) is 8.42 Å². The first-order valence-corrected chi connectivity index (χ1v) is 10.0. The zero-order valence-electron chi connectivity index (χ0n) is 14.4. The smallest absolute Gasteiger partial charge is 0.220 e. The lowest BCUT2D eigenvalue weighted by Crippen LogP contribution is -2.50. The summed E-state index contributed by atoms with van der Waals surface area (Å²) in [6.07, 6.45) is 0.426. The van der Waals surface area contributed by atoms with Crippen molar-refractivity contribution in [3.63, 3.8) is 0 Å². The SMILES string of the molecule is CC(C)CC(=O)NCCS(=O)(=O)N1CCN(c2ccccc2)CC1. The summed E-state index contributed by atoms with van der Waals surface area (Å²) >= 11 is 0. The number of nitrogens with one attached hydrogen (secondary N) is 1. The summed E-state index contributed by atoms with van der Waals surface area (Å²) in [5, 5.41) is 2.69. The molecule has 7 heteroatoms. The predicted molar refractivity (Wildman–Crippen MR) is 96.5 cm³/mol. The molecule has 1 N–H and O–H groups in total. The molecule has 0 saturated carbocycles. The Balaban J connectivity index is 1.79. The maximum absolute atomic E-state index is 12.4. The van der Waals surface area contributed by atoms with Crippen molar-refractivity contribution < 1.29 is 13.2 Å². The summed E-state index contributed by atoms with van der Waals surface area (Å²) in [6, 6.07) is 10.0. The van der Waals surface area contributed by atoms with Crippen LogP contribution in [-0.4, -0.2) is 57.1 Å². The highest BCUT2D eigenvalue weighted by Gasteiger charge is 2.26. The Kier molecular flexibility index (Phi) is 6.62. The maximum Gasteiger partial charge on any atom is 0.220 e. The average Bonchev–Trinajstić information content (AvgIpc) is 2.55. The molecule has 1 aliphatic rings. The van der Waals surface area contributed by atoms with Gasteiger partial charge in [0.2, 0.25) is 15.9 Å². The van der Waals surface area contributed by atoms with Gasteiger partial charge in [0.05, 0.1) is 5.75 Å². The largest absolute Gasteiger partial charge is 0.369 e. The van der Waals surface area contributed by atoms with Gasteiger partial charge in [-0.05, 0) is 18.1 Å². The number of benzene rings is 1. The maximum atomic E-state index is 12.4. The molecule has 1 saturated heterocycles. The van der Waals surface area contributed by atoms with Crippen molar-refractivity contribution in [1.29, 1.82) is 0 Å². The Morgan fingerprint density at radius 3 is 2.33 bits per heavy atom. The summed E-state index contributed by atoms with van der Waals surface area (Å²) in [6.45, 7) is 6.43. The third kappa shape index (κ3) is 5.49. The Labute approximate surface area is 144 Å². The lowest BCUT2D eigenvalue weighted by atomic mass is 10.1. The molecule has 2 rings (SSSR count). The van der Waals surface area contributed by atoms with Gasteiger partial charge in [-0.2, -0.15) is 4.31 Å². The Hall–Kier alpha value is -1.60. The Bertz CT molecular complexity index is 624. The fourth-order valence-electron chi connectivity index (χ4n) is 2.75. The number of hydrogen-bond acceptors (Lipinski definition) is 4. The number of rotatable bonds is 7. The van der Waals surface area contributed by atoms with Gasteiger partial charge in [0.15, 0.2) is 0 Å². The van der Waals surface area contributed by atoms with E-state index in [0.29, 0.717) is 32.6 Å². The lowest BCUT2D eigenvalue weighted by molar-refractivity contribution is -0.121. The molecule has 0 atom stereocenters. The first-order chi connectivity index (χ1) is 11.4. The standard InChI is InChI=1S/C17H27N3O3S/c1-15(2)14-17(21)18-8-13-24(22,23)20-11-9-19(10-12-20)16-6-4-3-5-7-16/h3-7,15H,8-14H2,1-2H3,(H,18,21). The molecule has 1 aromatic rings. The fourth-order valence-corrected chi connectivity index (χ4v) is 4.09. The molecule has 1 amide bonds. The first-order valence-electron chi connectivity index (χ1n) is 8.43. The molecule has 0 bridgehead atoms. The van der Waals surface area contributed by atoms with Gasteiger partial charge in [-0.1, -0.05) is 32.0 Å². The fraction of sp³-hybridized carbons (Fsp3) is 0.588. The van der Waals surface area contributed by atoms with Crippen molar-refractivity contribution >= 4 is 21.6 Å². The van der Waals surface area contributed by atoms with E-state index in [4.69, 9.17) is 0 Å². The predicted octanol–water partition coefficient (Wildman–Crippen LogP) is 1.30. The monoisotopic (exact) mass is 353 g/mol. The van der Waals surface area contributed by atoms with Crippen LogP contribution in [-0.2, 0) is 14.8 Å². The van der Waals surface area contributed by atoms with Gasteiger partial charge in [0.25, 0.3) is 0 Å². The molecule has 0 unspecified atom stereocenters. The molecule has 1 aliphatic heterocycles. The summed E-state index contributed by atoms with van der Waals surface area (Å²) in [5.41, 5.74) is 1.12. The van der Waals surface area contributed by atoms with E-state index in [1.165, 1.54) is 4.31 Å². The lowest BCUT2D eigenvalue weighted by Gasteiger charge is -2.35. The van der Waals surface area contributed by atoms with Crippen molar-refractivity contribution in [2.75, 3.05) is 43.4 Å². The number of carbonyl (C=O) groups excluding carboxylic acids is 1. The van der Waals surface area contributed by atoms with E-state index >= 15 is 0 Å². The molecule has 0 aliphatic carbocycles. The van der Waals surface area contributed by atoms with Crippen LogP contribution >= 0.6 is 0 Å². The van der Waals surface area contributed by atoms with Gasteiger partial charge in [0.1, 0.15) is 0 Å². The number of nitrogens with zero attached hydrogens (tertiary/aromatic N) is 2. The highest BCUT2D eigenvalue weighted by molar-refractivity contribution is 7.89. The van der Waals surface area contributed by atoms with Gasteiger partial charge >= 0.3 is 0 Å². The van der Waals surface area contributed by atoms with Crippen molar-refractivity contribution in [3.05, 3.63) is 30.3 Å². The second-order valence-electron chi connectivity index (χ2n) is 6.49. The minimum Gasteiger partial charge on any atom is -0.369 e. The van der Waals surface area contributed by atoms with Crippen molar-refractivity contribution in [2.24, 2.45) is 5.92 Å². The van der Waals surface area contributed by atoms with E-state index in [-0.39, 0.29) is 24.1 Å². The van der Waals surface area contributed by atoms with Gasteiger partial charge in [0, 0.05) is 44.8 Å². The number of hydrogen-bond donors (Lipinski definition) is 1. The van der Waals surface area contributed by atoms with E-state index in [9.17, 15) is 13.2 Å². The number of anilines is 1. The summed E-state index contributed by atoms with van der Waals surface area (Å²) in [5.74, 6) is 0.143. The van der Waals surface area contributed by atoms with Crippen LogP contribution in [0.15, 0.2) is 30.3 Å². The highest BCUT2D eigenvalue weighted by Crippen LogP contribution is 2.17. The first kappa shape index (κ1) is 18.7. The number of sulfonamides is 1. The van der Waals surface area contributed by atoms with Gasteiger partial charge < -0.3 is 10.2 Å². The van der Waals surface area contributed by atoms with Crippen LogP contribution in [0, 0.1) is 5.92 Å². The Morgan fingerprint density at radius 1 is 1.12 bits per heavy atom. The highest BCUT2D eigenvalue weighted by atomic mass is 32.2. The van der Waals surface area contributed by atoms with Gasteiger partial charge in [-0.3, -0.25) is 4.79 Å². The van der Waals surface area contributed by atoms with Crippen LogP contribution in [0.5, 0.6) is 0 Å². The second-order valence-corrected chi connectivity index (χ2v) is 8.57. The van der Waals surface area contributed by atoms with Crippen LogP contribution in [0.25, 0.3) is 0 Å². The molecular formula is C17H27N3O3S. The normalized spacial score (nSPS) is 16.4. The minimum absolute atomic E-state index is 0.0395. The molecule has 1 heterocycles. The summed E-state index contributed by atoms with van der Waals surface area (Å²) in [4.78, 5) is 13.8. The second kappa shape index (κ2) is 8.48. The Morgan fingerprint density at radius 2 is 1.75 bits per heavy atom. The van der Waals surface area contributed by atoms with Crippen LogP contribution < -0.4 is 10.2 Å². The zero-order valence-corrected chi connectivity index (χ0v) is 15.3. The van der Waals surface area contributed by atoms with E-state index in [2.05, 4.69) is 10.2 Å². The van der Waals surface area contributed by atoms with Crippen molar-refractivity contribution in [3.8, 4) is 0 Å². The third-order valence-corrected chi connectivity index (χ3v) is 5.90. The molecule has 0 radical (unpaired) electrons.